The van der Waals surface area contributed by atoms with E-state index >= 15 is 0 Å². The fraction of sp³-hybridized carbons (Fsp3) is 0.300. The van der Waals surface area contributed by atoms with Crippen molar-refractivity contribution in [2.24, 2.45) is 0 Å². The smallest absolute Gasteiger partial charge is 0.269 e. The molecule has 3 aromatic rings. The summed E-state index contributed by atoms with van der Waals surface area (Å²) in [7, 11) is -4.11. The van der Waals surface area contributed by atoms with Crippen molar-refractivity contribution >= 4 is 27.7 Å². The summed E-state index contributed by atoms with van der Waals surface area (Å²) in [4.78, 5) is 41.4. The topological polar surface area (TPSA) is 104 Å². The number of hydrogen-bond acceptors (Lipinski definition) is 5. The zero-order valence-corrected chi connectivity index (χ0v) is 23.2. The van der Waals surface area contributed by atoms with Gasteiger partial charge in [-0.15, -0.1) is 0 Å². The molecule has 210 valence electrons. The van der Waals surface area contributed by atoms with Crippen LogP contribution in [0, 0.1) is 5.82 Å². The first kappa shape index (κ1) is 28.9. The first-order chi connectivity index (χ1) is 19.1. The molecule has 1 heterocycles. The number of halogens is 1. The molecule has 0 fully saturated rings. The molecule has 1 aliphatic rings. The van der Waals surface area contributed by atoms with Crippen molar-refractivity contribution in [1.82, 2.24) is 14.5 Å². The average molecular weight is 566 g/mol. The predicted molar refractivity (Wildman–Crippen MR) is 148 cm³/mol. The van der Waals surface area contributed by atoms with E-state index in [9.17, 15) is 27.2 Å². The molecule has 4 rings (SSSR count). The Morgan fingerprint density at radius 1 is 0.975 bits per heavy atom. The number of hydrogen-bond donors (Lipinski definition) is 1. The maximum absolute atomic E-state index is 14.7. The molecule has 2 unspecified atom stereocenters. The molecule has 0 bridgehead atoms. The number of carbonyl (C=O) groups is 3. The number of amides is 3. The normalized spacial score (nSPS) is 15.3. The lowest BCUT2D eigenvalue weighted by Crippen LogP contribution is -2.52. The van der Waals surface area contributed by atoms with E-state index < -0.39 is 46.1 Å². The molecule has 0 saturated heterocycles. The summed E-state index contributed by atoms with van der Waals surface area (Å²) in [5, 5.41) is 2.93. The van der Waals surface area contributed by atoms with Crippen LogP contribution in [0.5, 0.6) is 0 Å². The molecule has 0 aliphatic carbocycles. The van der Waals surface area contributed by atoms with Crippen LogP contribution in [0.4, 0.5) is 4.39 Å². The Morgan fingerprint density at radius 2 is 1.62 bits per heavy atom. The molecule has 2 atom stereocenters. The molecule has 3 aromatic carbocycles. The highest BCUT2D eigenvalue weighted by molar-refractivity contribution is 7.90. The molecule has 3 amide bonds. The van der Waals surface area contributed by atoms with E-state index in [1.54, 1.807) is 12.1 Å². The van der Waals surface area contributed by atoms with Gasteiger partial charge in [0.05, 0.1) is 5.56 Å². The number of nitrogens with zero attached hydrogens (tertiary/aromatic N) is 2. The number of nitrogens with one attached hydrogen (secondary N) is 1. The highest BCUT2D eigenvalue weighted by atomic mass is 32.2. The van der Waals surface area contributed by atoms with E-state index in [4.69, 9.17) is 0 Å². The van der Waals surface area contributed by atoms with E-state index in [0.717, 1.165) is 5.56 Å². The molecule has 0 radical (unpaired) electrons. The molecular formula is C30H32FN3O5S. The number of rotatable bonds is 11. The van der Waals surface area contributed by atoms with Gasteiger partial charge in [0.15, 0.2) is 0 Å². The molecule has 8 nitrogen and oxygen atoms in total. The lowest BCUT2D eigenvalue weighted by molar-refractivity contribution is -0.141. The summed E-state index contributed by atoms with van der Waals surface area (Å²) in [6, 6.07) is 19.8. The molecule has 0 saturated carbocycles. The van der Waals surface area contributed by atoms with Crippen LogP contribution in [0.2, 0.25) is 0 Å². The zero-order chi connectivity index (χ0) is 28.9. The predicted octanol–water partition coefficient (Wildman–Crippen LogP) is 3.92. The number of fused-ring (bicyclic) bond motifs is 1. The second-order valence-corrected chi connectivity index (χ2v) is 11.6. The fourth-order valence-electron chi connectivity index (χ4n) is 4.60. The third-order valence-corrected chi connectivity index (χ3v) is 8.85. The van der Waals surface area contributed by atoms with Gasteiger partial charge in [-0.1, -0.05) is 67.6 Å². The Balaban J connectivity index is 1.65. The van der Waals surface area contributed by atoms with Crippen LogP contribution >= 0.6 is 0 Å². The van der Waals surface area contributed by atoms with Crippen LogP contribution in [-0.4, -0.2) is 54.0 Å². The lowest BCUT2D eigenvalue weighted by Gasteiger charge is -2.33. The van der Waals surface area contributed by atoms with E-state index in [0.29, 0.717) is 10.7 Å². The minimum atomic E-state index is -4.11. The first-order valence-electron chi connectivity index (χ1n) is 13.2. The Bertz CT molecular complexity index is 1500. The van der Waals surface area contributed by atoms with E-state index in [2.05, 4.69) is 5.32 Å². The van der Waals surface area contributed by atoms with Gasteiger partial charge in [-0.3, -0.25) is 14.4 Å². The third kappa shape index (κ3) is 6.22. The summed E-state index contributed by atoms with van der Waals surface area (Å²) in [5.41, 5.74) is 1.06. The Labute approximate surface area is 233 Å². The quantitative estimate of drug-likeness (QED) is 0.380. The standard InChI is InChI=1S/C30H32FN3O5S/c1-3-21(2)32-29(36)26(19-22-11-5-4-6-12-22)33(20-23-13-7-9-15-25(23)31)28(35)17-18-34-30(37)24-14-8-10-16-27(24)40(34,38)39/h4-16,21,26H,3,17-20H2,1-2H3,(H,32,36). The van der Waals surface area contributed by atoms with Crippen LogP contribution in [0.15, 0.2) is 83.8 Å². The molecular weight excluding hydrogens is 533 g/mol. The second-order valence-electron chi connectivity index (χ2n) is 9.76. The van der Waals surface area contributed by atoms with Crippen molar-refractivity contribution in [3.05, 3.63) is 101 Å². The minimum Gasteiger partial charge on any atom is -0.352 e. The number of carbonyl (C=O) groups excluding carboxylic acids is 3. The summed E-state index contributed by atoms with van der Waals surface area (Å²) >= 11 is 0. The van der Waals surface area contributed by atoms with Gasteiger partial charge in [0.2, 0.25) is 11.8 Å². The van der Waals surface area contributed by atoms with E-state index in [1.807, 2.05) is 44.2 Å². The Morgan fingerprint density at radius 3 is 2.30 bits per heavy atom. The van der Waals surface area contributed by atoms with Crippen molar-refractivity contribution in [3.63, 3.8) is 0 Å². The van der Waals surface area contributed by atoms with Gasteiger partial charge in [-0.25, -0.2) is 17.1 Å². The lowest BCUT2D eigenvalue weighted by atomic mass is 10.0. The van der Waals surface area contributed by atoms with Crippen LogP contribution < -0.4 is 5.32 Å². The molecule has 0 spiro atoms. The van der Waals surface area contributed by atoms with Crippen molar-refractivity contribution in [1.29, 1.82) is 0 Å². The van der Waals surface area contributed by atoms with Crippen LogP contribution in [0.25, 0.3) is 0 Å². The minimum absolute atomic E-state index is 0.0491. The number of benzene rings is 3. The average Bonchev–Trinajstić information content (AvgIpc) is 3.15. The van der Waals surface area contributed by atoms with E-state index in [1.165, 1.54) is 41.3 Å². The molecule has 1 aliphatic heterocycles. The highest BCUT2D eigenvalue weighted by Gasteiger charge is 2.41. The van der Waals surface area contributed by atoms with Gasteiger partial charge in [-0.05, 0) is 37.1 Å². The van der Waals surface area contributed by atoms with Gasteiger partial charge in [0.25, 0.3) is 15.9 Å². The van der Waals surface area contributed by atoms with Crippen LogP contribution in [0.3, 0.4) is 0 Å². The van der Waals surface area contributed by atoms with E-state index in [-0.39, 0.29) is 41.5 Å². The molecule has 40 heavy (non-hydrogen) atoms. The summed E-state index contributed by atoms with van der Waals surface area (Å²) in [5.74, 6) is -2.23. The third-order valence-electron chi connectivity index (χ3n) is 7.01. The Hall–Kier alpha value is -4.05. The second kappa shape index (κ2) is 12.4. The van der Waals surface area contributed by atoms with Crippen LogP contribution in [0.1, 0.15) is 48.2 Å². The summed E-state index contributed by atoms with van der Waals surface area (Å²) < 4.78 is 41.5. The largest absolute Gasteiger partial charge is 0.352 e. The van der Waals surface area contributed by atoms with Crippen molar-refractivity contribution in [3.8, 4) is 0 Å². The molecule has 10 heteroatoms. The van der Waals surface area contributed by atoms with Crippen molar-refractivity contribution in [2.75, 3.05) is 6.54 Å². The monoisotopic (exact) mass is 565 g/mol. The maximum atomic E-state index is 14.7. The van der Waals surface area contributed by atoms with Crippen LogP contribution in [-0.2, 0) is 32.6 Å². The number of sulfonamides is 1. The summed E-state index contributed by atoms with van der Waals surface area (Å²) in [6.45, 7) is 3.15. The van der Waals surface area contributed by atoms with Gasteiger partial charge in [-0.2, -0.15) is 0 Å². The SMILES string of the molecule is CCC(C)NC(=O)C(Cc1ccccc1)N(Cc1ccccc1F)C(=O)CCN1C(=O)c2ccccc2S1(=O)=O. The van der Waals surface area contributed by atoms with Gasteiger partial charge < -0.3 is 10.2 Å². The van der Waals surface area contributed by atoms with Gasteiger partial charge >= 0.3 is 0 Å². The Kier molecular flexibility index (Phi) is 8.99. The van der Waals surface area contributed by atoms with Gasteiger partial charge in [0.1, 0.15) is 16.8 Å². The highest BCUT2D eigenvalue weighted by Crippen LogP contribution is 2.30. The van der Waals surface area contributed by atoms with Crippen molar-refractivity contribution < 1.29 is 27.2 Å². The zero-order valence-electron chi connectivity index (χ0n) is 22.4. The molecule has 0 aromatic heterocycles. The van der Waals surface area contributed by atoms with Crippen molar-refractivity contribution in [2.45, 2.75) is 56.6 Å². The maximum Gasteiger partial charge on any atom is 0.269 e. The summed E-state index contributed by atoms with van der Waals surface area (Å²) in [6.07, 6.45) is 0.450. The fourth-order valence-corrected chi connectivity index (χ4v) is 6.17. The first-order valence-corrected chi connectivity index (χ1v) is 14.6. The molecule has 1 N–H and O–H groups in total. The van der Waals surface area contributed by atoms with Gasteiger partial charge in [0, 0.05) is 37.5 Å².